The number of amides is 2. The van der Waals surface area contributed by atoms with E-state index in [2.05, 4.69) is 16.6 Å². The fraction of sp³-hybridized carbons (Fsp3) is 0.444. The summed E-state index contributed by atoms with van der Waals surface area (Å²) in [5, 5.41) is 4.62. The van der Waals surface area contributed by atoms with Gasteiger partial charge >= 0.3 is 6.18 Å². The second kappa shape index (κ2) is 9.78. The van der Waals surface area contributed by atoms with Gasteiger partial charge in [0.1, 0.15) is 0 Å². The molecule has 1 aliphatic rings. The molecule has 0 aliphatic carbocycles. The number of benzene rings is 1. The molecule has 0 unspecified atom stereocenters. The lowest BCUT2D eigenvalue weighted by molar-refractivity contribution is -0.137. The summed E-state index contributed by atoms with van der Waals surface area (Å²) in [6.07, 6.45) is 0.485. The number of carbonyl (C=O) groups excluding carboxylic acids is 2. The Morgan fingerprint density at radius 1 is 1.11 bits per heavy atom. The van der Waals surface area contributed by atoms with Gasteiger partial charge in [-0.2, -0.15) is 13.2 Å². The molecule has 0 spiro atoms. The van der Waals surface area contributed by atoms with Crippen molar-refractivity contribution >= 4 is 29.1 Å². The summed E-state index contributed by atoms with van der Waals surface area (Å²) in [5.74, 6) is 1.75. The number of terminal acetylenes is 1. The molecule has 0 aromatic heterocycles. The van der Waals surface area contributed by atoms with E-state index >= 15 is 0 Å². The molecule has 2 N–H and O–H groups in total. The summed E-state index contributed by atoms with van der Waals surface area (Å²) in [6, 6.07) is 3.24. The van der Waals surface area contributed by atoms with Crippen LogP contribution in [-0.4, -0.2) is 67.4 Å². The van der Waals surface area contributed by atoms with Gasteiger partial charge in [0, 0.05) is 31.9 Å². The van der Waals surface area contributed by atoms with Crippen molar-refractivity contribution in [1.82, 2.24) is 15.1 Å². The summed E-state index contributed by atoms with van der Waals surface area (Å²) in [7, 11) is 0. The molecule has 2 amide bonds. The number of hydrogen-bond donors (Lipinski definition) is 2. The first-order valence-electron chi connectivity index (χ1n) is 8.50. The van der Waals surface area contributed by atoms with Gasteiger partial charge in [0.2, 0.25) is 11.8 Å². The maximum absolute atomic E-state index is 12.9. The van der Waals surface area contributed by atoms with Crippen molar-refractivity contribution in [1.29, 1.82) is 0 Å². The molecule has 0 atom stereocenters. The maximum Gasteiger partial charge on any atom is 0.417 e. The van der Waals surface area contributed by atoms with E-state index in [0.29, 0.717) is 26.2 Å². The number of carbonyl (C=O) groups is 2. The van der Waals surface area contributed by atoms with Gasteiger partial charge in [-0.3, -0.25) is 19.4 Å². The largest absolute Gasteiger partial charge is 0.417 e. The summed E-state index contributed by atoms with van der Waals surface area (Å²) < 4.78 is 38.7. The van der Waals surface area contributed by atoms with Gasteiger partial charge in [0.25, 0.3) is 0 Å². The summed E-state index contributed by atoms with van der Waals surface area (Å²) >= 11 is 5.57. The summed E-state index contributed by atoms with van der Waals surface area (Å²) in [4.78, 5) is 27.6. The number of rotatable bonds is 6. The number of piperazine rings is 1. The van der Waals surface area contributed by atoms with Crippen molar-refractivity contribution < 1.29 is 22.8 Å². The molecule has 1 fully saturated rings. The van der Waals surface area contributed by atoms with Crippen molar-refractivity contribution in [2.24, 2.45) is 0 Å². The SMILES string of the molecule is C#CCNC(=O)CN1CCN(CC(=O)Nc2ccc(Cl)c(C(F)(F)F)c2)CC1. The topological polar surface area (TPSA) is 64.7 Å². The van der Waals surface area contributed by atoms with Crippen molar-refractivity contribution in [3.05, 3.63) is 28.8 Å². The van der Waals surface area contributed by atoms with E-state index in [1.165, 1.54) is 6.07 Å². The minimum Gasteiger partial charge on any atom is -0.344 e. The number of anilines is 1. The highest BCUT2D eigenvalue weighted by Gasteiger charge is 2.33. The van der Waals surface area contributed by atoms with E-state index in [-0.39, 0.29) is 31.2 Å². The second-order valence-electron chi connectivity index (χ2n) is 6.27. The van der Waals surface area contributed by atoms with Gasteiger partial charge in [-0.25, -0.2) is 0 Å². The minimum atomic E-state index is -4.60. The Balaban J connectivity index is 1.81. The molecule has 152 valence electrons. The quantitative estimate of drug-likeness (QED) is 0.692. The smallest absolute Gasteiger partial charge is 0.344 e. The Kier molecular flexibility index (Phi) is 7.69. The van der Waals surface area contributed by atoms with Crippen LogP contribution in [-0.2, 0) is 15.8 Å². The highest BCUT2D eigenvalue weighted by molar-refractivity contribution is 6.31. The third-order valence-corrected chi connectivity index (χ3v) is 4.47. The van der Waals surface area contributed by atoms with Crippen molar-refractivity contribution in [3.8, 4) is 12.3 Å². The molecule has 1 aromatic rings. The van der Waals surface area contributed by atoms with Crippen LogP contribution >= 0.6 is 11.6 Å². The van der Waals surface area contributed by atoms with Crippen LogP contribution in [0.4, 0.5) is 18.9 Å². The number of halogens is 4. The van der Waals surface area contributed by atoms with Gasteiger partial charge in [0.15, 0.2) is 0 Å². The fourth-order valence-electron chi connectivity index (χ4n) is 2.74. The lowest BCUT2D eigenvalue weighted by Crippen LogP contribution is -2.51. The maximum atomic E-state index is 12.9. The van der Waals surface area contributed by atoms with E-state index in [0.717, 1.165) is 12.1 Å². The predicted molar refractivity (Wildman–Crippen MR) is 99.8 cm³/mol. The van der Waals surface area contributed by atoms with Crippen LogP contribution in [0.2, 0.25) is 5.02 Å². The molecule has 0 radical (unpaired) electrons. The van der Waals surface area contributed by atoms with E-state index in [9.17, 15) is 22.8 Å². The molecule has 1 aromatic carbocycles. The molecular weight excluding hydrogens is 397 g/mol. The average molecular weight is 417 g/mol. The van der Waals surface area contributed by atoms with Crippen molar-refractivity contribution in [2.45, 2.75) is 6.18 Å². The third-order valence-electron chi connectivity index (χ3n) is 4.14. The lowest BCUT2D eigenvalue weighted by Gasteiger charge is -2.33. The van der Waals surface area contributed by atoms with Crippen LogP contribution in [0.1, 0.15) is 5.56 Å². The molecule has 2 rings (SSSR count). The van der Waals surface area contributed by atoms with Crippen LogP contribution < -0.4 is 10.6 Å². The fourth-order valence-corrected chi connectivity index (χ4v) is 2.96. The molecule has 1 heterocycles. The Hall–Kier alpha value is -2.28. The van der Waals surface area contributed by atoms with Crippen LogP contribution in [0.15, 0.2) is 18.2 Å². The average Bonchev–Trinajstić information content (AvgIpc) is 2.62. The van der Waals surface area contributed by atoms with E-state index in [1.807, 2.05) is 9.80 Å². The molecule has 1 saturated heterocycles. The van der Waals surface area contributed by atoms with E-state index < -0.39 is 22.7 Å². The van der Waals surface area contributed by atoms with Crippen LogP contribution in [0.5, 0.6) is 0 Å². The number of nitrogens with one attached hydrogen (secondary N) is 2. The predicted octanol–water partition coefficient (Wildman–Crippen LogP) is 1.66. The minimum absolute atomic E-state index is 0.0329. The Morgan fingerprint density at radius 3 is 2.21 bits per heavy atom. The first-order chi connectivity index (χ1) is 13.2. The Morgan fingerprint density at radius 2 is 1.68 bits per heavy atom. The van der Waals surface area contributed by atoms with Gasteiger partial charge in [-0.15, -0.1) is 6.42 Å². The van der Waals surface area contributed by atoms with E-state index in [1.54, 1.807) is 0 Å². The highest BCUT2D eigenvalue weighted by atomic mass is 35.5. The zero-order valence-corrected chi connectivity index (χ0v) is 15.7. The van der Waals surface area contributed by atoms with E-state index in [4.69, 9.17) is 18.0 Å². The molecular formula is C18H20ClF3N4O2. The molecule has 10 heteroatoms. The monoisotopic (exact) mass is 416 g/mol. The third kappa shape index (κ3) is 6.71. The van der Waals surface area contributed by atoms with Crippen molar-refractivity contribution in [3.63, 3.8) is 0 Å². The van der Waals surface area contributed by atoms with Gasteiger partial charge in [-0.1, -0.05) is 17.5 Å². The number of hydrogen-bond acceptors (Lipinski definition) is 4. The lowest BCUT2D eigenvalue weighted by atomic mass is 10.2. The number of nitrogens with zero attached hydrogens (tertiary/aromatic N) is 2. The van der Waals surface area contributed by atoms with Crippen molar-refractivity contribution in [2.75, 3.05) is 51.1 Å². The summed E-state index contributed by atoms with van der Waals surface area (Å²) in [6.45, 7) is 2.76. The first kappa shape index (κ1) is 22.0. The standard InChI is InChI=1S/C18H20ClF3N4O2/c1-2-5-23-16(27)11-25-6-8-26(9-7-25)12-17(28)24-13-3-4-15(19)14(10-13)18(20,21)22/h1,3-4,10H,5-9,11-12H2,(H,23,27)(H,24,28). The second-order valence-corrected chi connectivity index (χ2v) is 6.68. The van der Waals surface area contributed by atoms with Gasteiger partial charge in [0.05, 0.1) is 30.2 Å². The summed E-state index contributed by atoms with van der Waals surface area (Å²) in [5.41, 5.74) is -0.964. The van der Waals surface area contributed by atoms with Crippen LogP contribution in [0, 0.1) is 12.3 Å². The zero-order chi connectivity index (χ0) is 20.7. The van der Waals surface area contributed by atoms with Crippen LogP contribution in [0.25, 0.3) is 0 Å². The normalized spacial score (nSPS) is 15.7. The Labute approximate surface area is 166 Å². The molecule has 1 aliphatic heterocycles. The highest BCUT2D eigenvalue weighted by Crippen LogP contribution is 2.36. The zero-order valence-electron chi connectivity index (χ0n) is 15.0. The Bertz CT molecular complexity index is 756. The number of alkyl halides is 3. The molecule has 0 bridgehead atoms. The molecule has 0 saturated carbocycles. The van der Waals surface area contributed by atoms with Gasteiger partial charge in [-0.05, 0) is 18.2 Å². The van der Waals surface area contributed by atoms with Gasteiger partial charge < -0.3 is 10.6 Å². The first-order valence-corrected chi connectivity index (χ1v) is 8.88. The molecule has 28 heavy (non-hydrogen) atoms. The molecule has 6 nitrogen and oxygen atoms in total. The van der Waals surface area contributed by atoms with Crippen LogP contribution in [0.3, 0.4) is 0 Å².